The highest BCUT2D eigenvalue weighted by molar-refractivity contribution is 7.89. The first-order valence-corrected chi connectivity index (χ1v) is 9.52. The Hall–Kier alpha value is -2.71. The first kappa shape index (κ1) is 18.1. The molecule has 0 spiro atoms. The lowest BCUT2D eigenvalue weighted by molar-refractivity contribution is -0.138. The molecule has 0 aliphatic rings. The maximum atomic E-state index is 12.2. The minimum atomic E-state index is -3.88. The number of benzene rings is 2. The van der Waals surface area contributed by atoms with Gasteiger partial charge in [0.1, 0.15) is 11.9 Å². The lowest BCUT2D eigenvalue weighted by Crippen LogP contribution is -2.38. The Balaban J connectivity index is 1.84. The van der Waals surface area contributed by atoms with Gasteiger partial charge in [0.15, 0.2) is 0 Å². The normalized spacial score (nSPS) is 13.0. The molecule has 0 saturated carbocycles. The average Bonchev–Trinajstić information content (AvgIpc) is 2.90. The Kier molecular flexibility index (Phi) is 4.80. The molecule has 0 bridgehead atoms. The summed E-state index contributed by atoms with van der Waals surface area (Å²) in [6.45, 7) is 3.77. The second kappa shape index (κ2) is 6.89. The summed E-state index contributed by atoms with van der Waals surface area (Å²) in [4.78, 5) is 15.4. The first-order valence-electron chi connectivity index (χ1n) is 8.04. The van der Waals surface area contributed by atoms with Gasteiger partial charge in [-0.15, -0.1) is 0 Å². The van der Waals surface area contributed by atoms with Crippen LogP contribution < -0.4 is 4.72 Å². The standard InChI is InChI=1S/C18H19N3O4S/c1-12(18(22)23)20-26(24,25)15-9-7-14(8-10-15)11-21-13(2)19-16-5-3-4-6-17(16)21/h3-10,12,20H,11H2,1-2H3,(H,22,23)/t12-/m0/s1. The Morgan fingerprint density at radius 2 is 1.85 bits per heavy atom. The van der Waals surface area contributed by atoms with Crippen molar-refractivity contribution in [1.29, 1.82) is 0 Å². The van der Waals surface area contributed by atoms with Crippen molar-refractivity contribution in [2.24, 2.45) is 0 Å². The van der Waals surface area contributed by atoms with E-state index in [0.717, 1.165) is 22.4 Å². The van der Waals surface area contributed by atoms with E-state index >= 15 is 0 Å². The molecule has 0 radical (unpaired) electrons. The quantitative estimate of drug-likeness (QED) is 0.689. The summed E-state index contributed by atoms with van der Waals surface area (Å²) in [6.07, 6.45) is 0. The highest BCUT2D eigenvalue weighted by Crippen LogP contribution is 2.18. The molecule has 1 atom stereocenters. The number of fused-ring (bicyclic) bond motifs is 1. The summed E-state index contributed by atoms with van der Waals surface area (Å²) in [6, 6.07) is 13.0. The van der Waals surface area contributed by atoms with Crippen LogP contribution in [-0.2, 0) is 21.4 Å². The molecular weight excluding hydrogens is 354 g/mol. The summed E-state index contributed by atoms with van der Waals surface area (Å²) < 4.78 is 28.6. The number of sulfonamides is 1. The first-order chi connectivity index (χ1) is 12.3. The Morgan fingerprint density at radius 3 is 2.50 bits per heavy atom. The van der Waals surface area contributed by atoms with E-state index in [9.17, 15) is 13.2 Å². The Morgan fingerprint density at radius 1 is 1.19 bits per heavy atom. The monoisotopic (exact) mass is 373 g/mol. The van der Waals surface area contributed by atoms with Gasteiger partial charge >= 0.3 is 5.97 Å². The van der Waals surface area contributed by atoms with Gasteiger partial charge in [-0.1, -0.05) is 24.3 Å². The number of para-hydroxylation sites is 2. The number of hydrogen-bond acceptors (Lipinski definition) is 4. The Labute approximate surface area is 151 Å². The molecule has 7 nitrogen and oxygen atoms in total. The van der Waals surface area contributed by atoms with E-state index in [1.54, 1.807) is 12.1 Å². The van der Waals surface area contributed by atoms with E-state index in [2.05, 4.69) is 14.3 Å². The number of aryl methyl sites for hydroxylation is 1. The maximum Gasteiger partial charge on any atom is 0.321 e. The highest BCUT2D eigenvalue weighted by atomic mass is 32.2. The van der Waals surface area contributed by atoms with Crippen LogP contribution in [0.4, 0.5) is 0 Å². The fourth-order valence-corrected chi connectivity index (χ4v) is 3.90. The molecule has 1 heterocycles. The minimum absolute atomic E-state index is 0.0292. The van der Waals surface area contributed by atoms with Crippen molar-refractivity contribution in [1.82, 2.24) is 14.3 Å². The summed E-state index contributed by atoms with van der Waals surface area (Å²) in [7, 11) is -3.88. The van der Waals surface area contributed by atoms with E-state index in [-0.39, 0.29) is 4.90 Å². The number of nitrogens with one attached hydrogen (secondary N) is 1. The molecule has 3 rings (SSSR count). The zero-order chi connectivity index (χ0) is 18.9. The van der Waals surface area contributed by atoms with Gasteiger partial charge in [0.25, 0.3) is 0 Å². The van der Waals surface area contributed by atoms with Gasteiger partial charge in [0.05, 0.1) is 15.9 Å². The van der Waals surface area contributed by atoms with Crippen molar-refractivity contribution in [3.8, 4) is 0 Å². The van der Waals surface area contributed by atoms with E-state index in [4.69, 9.17) is 5.11 Å². The zero-order valence-corrected chi connectivity index (χ0v) is 15.2. The summed E-state index contributed by atoms with van der Waals surface area (Å²) in [5, 5.41) is 8.86. The van der Waals surface area contributed by atoms with Crippen LogP contribution in [0.3, 0.4) is 0 Å². The zero-order valence-electron chi connectivity index (χ0n) is 14.4. The molecule has 2 N–H and O–H groups in total. The fourth-order valence-electron chi connectivity index (χ4n) is 2.70. The van der Waals surface area contributed by atoms with Crippen LogP contribution >= 0.6 is 0 Å². The van der Waals surface area contributed by atoms with Crippen LogP contribution in [0, 0.1) is 6.92 Å². The molecule has 3 aromatic rings. The lowest BCUT2D eigenvalue weighted by atomic mass is 10.2. The molecule has 0 aliphatic carbocycles. The number of carboxylic acids is 1. The molecule has 8 heteroatoms. The van der Waals surface area contributed by atoms with Gasteiger partial charge < -0.3 is 9.67 Å². The summed E-state index contributed by atoms with van der Waals surface area (Å²) in [5.74, 6) is -0.354. The predicted molar refractivity (Wildman–Crippen MR) is 97.4 cm³/mol. The molecule has 0 unspecified atom stereocenters. The van der Waals surface area contributed by atoms with Crippen LogP contribution in [0.2, 0.25) is 0 Å². The third-order valence-electron chi connectivity index (χ3n) is 4.12. The fraction of sp³-hybridized carbons (Fsp3) is 0.222. The molecule has 0 amide bonds. The molecule has 26 heavy (non-hydrogen) atoms. The molecule has 1 aromatic heterocycles. The second-order valence-electron chi connectivity index (χ2n) is 6.06. The van der Waals surface area contributed by atoms with Crippen molar-refractivity contribution in [2.75, 3.05) is 0 Å². The van der Waals surface area contributed by atoms with E-state index in [1.165, 1.54) is 19.1 Å². The maximum absolute atomic E-state index is 12.2. The van der Waals surface area contributed by atoms with Gasteiger partial charge in [0.2, 0.25) is 10.0 Å². The minimum Gasteiger partial charge on any atom is -0.480 e. The van der Waals surface area contributed by atoms with Crippen LogP contribution in [0.15, 0.2) is 53.4 Å². The molecule has 0 aliphatic heterocycles. The lowest BCUT2D eigenvalue weighted by Gasteiger charge is -2.11. The van der Waals surface area contributed by atoms with Crippen molar-refractivity contribution in [2.45, 2.75) is 31.3 Å². The van der Waals surface area contributed by atoms with Gasteiger partial charge in [0, 0.05) is 6.54 Å². The largest absolute Gasteiger partial charge is 0.480 e. The van der Waals surface area contributed by atoms with Gasteiger partial charge in [-0.3, -0.25) is 4.79 Å². The second-order valence-corrected chi connectivity index (χ2v) is 7.77. The summed E-state index contributed by atoms with van der Waals surface area (Å²) in [5.41, 5.74) is 2.84. The SMILES string of the molecule is Cc1nc2ccccc2n1Cc1ccc(S(=O)(=O)N[C@@H](C)C(=O)O)cc1. The number of carbonyl (C=O) groups is 1. The van der Waals surface area contributed by atoms with Crippen LogP contribution in [0.1, 0.15) is 18.3 Å². The third kappa shape index (κ3) is 3.61. The number of aliphatic carboxylic acids is 1. The van der Waals surface area contributed by atoms with Crippen LogP contribution in [0.25, 0.3) is 11.0 Å². The predicted octanol–water partition coefficient (Wildman–Crippen LogP) is 2.14. The van der Waals surface area contributed by atoms with Gasteiger partial charge in [-0.2, -0.15) is 4.72 Å². The van der Waals surface area contributed by atoms with Crippen molar-refractivity contribution >= 4 is 27.0 Å². The van der Waals surface area contributed by atoms with E-state index in [0.29, 0.717) is 6.54 Å². The molecule has 136 valence electrons. The number of nitrogens with zero attached hydrogens (tertiary/aromatic N) is 2. The number of imidazole rings is 1. The average molecular weight is 373 g/mol. The Bertz CT molecular complexity index is 1060. The van der Waals surface area contributed by atoms with Gasteiger partial charge in [-0.05, 0) is 43.7 Å². The molecule has 0 saturated heterocycles. The summed E-state index contributed by atoms with van der Waals surface area (Å²) >= 11 is 0. The van der Waals surface area contributed by atoms with Crippen molar-refractivity contribution in [3.05, 3.63) is 59.9 Å². The van der Waals surface area contributed by atoms with Gasteiger partial charge in [-0.25, -0.2) is 13.4 Å². The number of carboxylic acid groups (broad SMARTS) is 1. The smallest absolute Gasteiger partial charge is 0.321 e. The van der Waals surface area contributed by atoms with Crippen LogP contribution in [-0.4, -0.2) is 35.1 Å². The number of rotatable bonds is 6. The number of hydrogen-bond donors (Lipinski definition) is 2. The van der Waals surface area contributed by atoms with Crippen molar-refractivity contribution in [3.63, 3.8) is 0 Å². The highest BCUT2D eigenvalue weighted by Gasteiger charge is 2.21. The topological polar surface area (TPSA) is 101 Å². The van der Waals surface area contributed by atoms with Crippen molar-refractivity contribution < 1.29 is 18.3 Å². The molecule has 2 aromatic carbocycles. The number of aromatic nitrogens is 2. The van der Waals surface area contributed by atoms with Crippen LogP contribution in [0.5, 0.6) is 0 Å². The van der Waals surface area contributed by atoms with E-state index < -0.39 is 22.0 Å². The van der Waals surface area contributed by atoms with E-state index in [1.807, 2.05) is 31.2 Å². The molecule has 0 fully saturated rings. The molecular formula is C18H19N3O4S. The third-order valence-corrected chi connectivity index (χ3v) is 5.68.